The molecule has 1 aromatic heterocycles. The number of amides is 2. The van der Waals surface area contributed by atoms with Crippen molar-refractivity contribution in [2.75, 3.05) is 12.8 Å². The Labute approximate surface area is 160 Å². The Balaban J connectivity index is 1.77. The first-order valence-electron chi connectivity index (χ1n) is 7.99. The Morgan fingerprint density at radius 1 is 1.11 bits per heavy atom. The lowest BCUT2D eigenvalue weighted by molar-refractivity contribution is 0.0847. The van der Waals surface area contributed by atoms with E-state index in [1.165, 1.54) is 13.3 Å². The van der Waals surface area contributed by atoms with Crippen LogP contribution >= 0.6 is 11.6 Å². The van der Waals surface area contributed by atoms with E-state index in [2.05, 4.69) is 15.8 Å². The molecule has 3 aromatic rings. The number of nitrogens with one attached hydrogen (secondary N) is 2. The number of halogens is 1. The predicted molar refractivity (Wildman–Crippen MR) is 104 cm³/mol. The molecule has 3 rings (SSSR count). The van der Waals surface area contributed by atoms with E-state index in [1.54, 1.807) is 36.4 Å². The topological polar surface area (TPSA) is 106 Å². The van der Waals surface area contributed by atoms with Crippen LogP contribution in [0.5, 0.6) is 5.75 Å². The van der Waals surface area contributed by atoms with Gasteiger partial charge in [0, 0.05) is 22.2 Å². The molecule has 2 aromatic carbocycles. The molecule has 0 aliphatic heterocycles. The van der Waals surface area contributed by atoms with Crippen LogP contribution in [0, 0.1) is 6.92 Å². The molecule has 1 heterocycles. The fourth-order valence-electron chi connectivity index (χ4n) is 2.58. The molecule has 0 aliphatic rings. The number of methoxy groups -OCH3 is 1. The van der Waals surface area contributed by atoms with Gasteiger partial charge in [-0.25, -0.2) is 0 Å². The fourth-order valence-corrected chi connectivity index (χ4v) is 2.75. The van der Waals surface area contributed by atoms with Crippen LogP contribution in [0.3, 0.4) is 0 Å². The molecule has 0 bridgehead atoms. The van der Waals surface area contributed by atoms with Gasteiger partial charge in [-0.05, 0) is 42.8 Å². The molecule has 2 amide bonds. The van der Waals surface area contributed by atoms with Crippen LogP contribution < -0.4 is 21.3 Å². The molecule has 0 unspecified atom stereocenters. The molecule has 7 nitrogen and oxygen atoms in total. The second-order valence-corrected chi connectivity index (χ2v) is 6.28. The third kappa shape index (κ3) is 3.78. The third-order valence-corrected chi connectivity index (χ3v) is 4.31. The fraction of sp³-hybridized carbons (Fsp3) is 0.105. The van der Waals surface area contributed by atoms with Crippen molar-refractivity contribution in [2.45, 2.75) is 6.92 Å². The highest BCUT2D eigenvalue weighted by Gasteiger charge is 2.15. The molecule has 0 radical (unpaired) electrons. The Morgan fingerprint density at radius 2 is 1.85 bits per heavy atom. The van der Waals surface area contributed by atoms with Crippen molar-refractivity contribution in [3.8, 4) is 5.75 Å². The first-order valence-corrected chi connectivity index (χ1v) is 8.37. The van der Waals surface area contributed by atoms with E-state index < -0.39 is 11.8 Å². The summed E-state index contributed by atoms with van der Waals surface area (Å²) in [5, 5.41) is 1.04. The van der Waals surface area contributed by atoms with Gasteiger partial charge in [-0.2, -0.15) is 0 Å². The Kier molecular flexibility index (Phi) is 5.14. The highest BCUT2D eigenvalue weighted by Crippen LogP contribution is 2.25. The number of nitrogens with two attached hydrogens (primary N) is 1. The van der Waals surface area contributed by atoms with Crippen molar-refractivity contribution in [1.82, 2.24) is 15.8 Å². The number of hydrazine groups is 1. The summed E-state index contributed by atoms with van der Waals surface area (Å²) >= 11 is 5.98. The molecule has 0 aliphatic carbocycles. The number of aryl methyl sites for hydroxylation is 1. The van der Waals surface area contributed by atoms with E-state index in [4.69, 9.17) is 22.1 Å². The van der Waals surface area contributed by atoms with Gasteiger partial charge in [-0.15, -0.1) is 0 Å². The number of hydrogen-bond acceptors (Lipinski definition) is 5. The number of aromatic nitrogens is 1. The standard InChI is InChI=1S/C19H17ClN4O3/c1-10-3-4-11(7-16(10)27-2)18(25)23-24-19(26)14-9-22-15-6-5-12(20)8-13(15)17(14)21/h3-9H,1-2H3,(H2,21,22)(H,23,25)(H,24,26). The van der Waals surface area contributed by atoms with E-state index in [-0.39, 0.29) is 11.3 Å². The number of ether oxygens (including phenoxy) is 1. The minimum Gasteiger partial charge on any atom is -0.496 e. The number of carbonyl (C=O) groups excluding carboxylic acids is 2. The quantitative estimate of drug-likeness (QED) is 0.602. The molecular formula is C19H17ClN4O3. The van der Waals surface area contributed by atoms with Crippen molar-refractivity contribution >= 4 is 40.0 Å². The van der Waals surface area contributed by atoms with Crippen molar-refractivity contribution < 1.29 is 14.3 Å². The Bertz CT molecular complexity index is 1050. The number of rotatable bonds is 3. The summed E-state index contributed by atoms with van der Waals surface area (Å²) in [6, 6.07) is 10.0. The molecule has 4 N–H and O–H groups in total. The van der Waals surface area contributed by atoms with E-state index >= 15 is 0 Å². The van der Waals surface area contributed by atoms with E-state index in [0.29, 0.717) is 27.2 Å². The first kappa shape index (κ1) is 18.5. The number of nitrogen functional groups attached to an aromatic ring is 1. The zero-order valence-electron chi connectivity index (χ0n) is 14.7. The number of anilines is 1. The highest BCUT2D eigenvalue weighted by molar-refractivity contribution is 6.31. The number of benzene rings is 2. The lowest BCUT2D eigenvalue weighted by atomic mass is 10.1. The zero-order chi connectivity index (χ0) is 19.6. The van der Waals surface area contributed by atoms with Crippen molar-refractivity contribution in [3.05, 3.63) is 64.3 Å². The van der Waals surface area contributed by atoms with Gasteiger partial charge >= 0.3 is 0 Å². The molecule has 0 atom stereocenters. The average Bonchev–Trinajstić information content (AvgIpc) is 2.67. The highest BCUT2D eigenvalue weighted by atomic mass is 35.5. The van der Waals surface area contributed by atoms with Crippen LogP contribution in [-0.4, -0.2) is 23.9 Å². The Morgan fingerprint density at radius 3 is 2.59 bits per heavy atom. The van der Waals surface area contributed by atoms with Gasteiger partial charge < -0.3 is 10.5 Å². The van der Waals surface area contributed by atoms with Gasteiger partial charge in [-0.3, -0.25) is 25.4 Å². The van der Waals surface area contributed by atoms with Gasteiger partial charge in [0.15, 0.2) is 0 Å². The second-order valence-electron chi connectivity index (χ2n) is 5.84. The van der Waals surface area contributed by atoms with Gasteiger partial charge in [0.1, 0.15) is 5.75 Å². The third-order valence-electron chi connectivity index (χ3n) is 4.08. The number of hydrogen-bond donors (Lipinski definition) is 3. The number of pyridine rings is 1. The van der Waals surface area contributed by atoms with Crippen LogP contribution in [-0.2, 0) is 0 Å². The largest absolute Gasteiger partial charge is 0.496 e. The smallest absolute Gasteiger partial charge is 0.273 e. The maximum atomic E-state index is 12.4. The lowest BCUT2D eigenvalue weighted by Gasteiger charge is -2.11. The first-order chi connectivity index (χ1) is 12.9. The van der Waals surface area contributed by atoms with Crippen molar-refractivity contribution in [1.29, 1.82) is 0 Å². The van der Waals surface area contributed by atoms with Crippen molar-refractivity contribution in [2.24, 2.45) is 0 Å². The molecule has 0 saturated heterocycles. The summed E-state index contributed by atoms with van der Waals surface area (Å²) in [7, 11) is 1.52. The summed E-state index contributed by atoms with van der Waals surface area (Å²) in [6.07, 6.45) is 1.35. The average molecular weight is 385 g/mol. The molecule has 8 heteroatoms. The van der Waals surface area contributed by atoms with Gasteiger partial charge in [0.05, 0.1) is 23.9 Å². The molecule has 0 fully saturated rings. The summed E-state index contributed by atoms with van der Waals surface area (Å²) in [4.78, 5) is 28.9. The predicted octanol–water partition coefficient (Wildman–Crippen LogP) is 2.86. The van der Waals surface area contributed by atoms with Crippen LogP contribution in [0.1, 0.15) is 26.3 Å². The monoisotopic (exact) mass is 384 g/mol. The van der Waals surface area contributed by atoms with Gasteiger partial charge in [-0.1, -0.05) is 17.7 Å². The molecule has 27 heavy (non-hydrogen) atoms. The van der Waals surface area contributed by atoms with E-state index in [9.17, 15) is 9.59 Å². The SMILES string of the molecule is COc1cc(C(=O)NNC(=O)c2cnc3ccc(Cl)cc3c2N)ccc1C. The lowest BCUT2D eigenvalue weighted by Crippen LogP contribution is -2.41. The van der Waals surface area contributed by atoms with E-state index in [0.717, 1.165) is 5.56 Å². The molecule has 0 saturated carbocycles. The molecule has 138 valence electrons. The zero-order valence-corrected chi connectivity index (χ0v) is 15.4. The number of carbonyl (C=O) groups is 2. The van der Waals surface area contributed by atoms with Crippen molar-refractivity contribution in [3.63, 3.8) is 0 Å². The molecular weight excluding hydrogens is 368 g/mol. The van der Waals surface area contributed by atoms with Gasteiger partial charge in [0.25, 0.3) is 11.8 Å². The van der Waals surface area contributed by atoms with Crippen LogP contribution in [0.15, 0.2) is 42.6 Å². The number of nitrogens with zero attached hydrogens (tertiary/aromatic N) is 1. The second kappa shape index (κ2) is 7.51. The summed E-state index contributed by atoms with van der Waals surface area (Å²) in [5.41, 5.74) is 13.0. The maximum Gasteiger partial charge on any atom is 0.273 e. The summed E-state index contributed by atoms with van der Waals surface area (Å²) < 4.78 is 5.19. The van der Waals surface area contributed by atoms with Crippen LogP contribution in [0.25, 0.3) is 10.9 Å². The minimum atomic E-state index is -0.589. The summed E-state index contributed by atoms with van der Waals surface area (Å²) in [5.74, 6) is -0.500. The Hall–Kier alpha value is -3.32. The summed E-state index contributed by atoms with van der Waals surface area (Å²) in [6.45, 7) is 1.87. The molecule has 0 spiro atoms. The number of fused-ring (bicyclic) bond motifs is 1. The minimum absolute atomic E-state index is 0.131. The van der Waals surface area contributed by atoms with E-state index in [1.807, 2.05) is 6.92 Å². The van der Waals surface area contributed by atoms with Gasteiger partial charge in [0.2, 0.25) is 0 Å². The maximum absolute atomic E-state index is 12.4. The van der Waals surface area contributed by atoms with Crippen LogP contribution in [0.2, 0.25) is 5.02 Å². The normalized spacial score (nSPS) is 10.5. The van der Waals surface area contributed by atoms with Crippen LogP contribution in [0.4, 0.5) is 5.69 Å².